The standard InChI is InChI=1S/4CH6O6P2.K.H/c4*2-8(3,4)1-9(5,6)7;;/h4*1H2,(H2,2,3,4)(H2,5,6,7);;. The summed E-state index contributed by atoms with van der Waals surface area (Å²) in [4.78, 5) is 128. The van der Waals surface area contributed by atoms with Gasteiger partial charge in [-0.1, -0.05) is 0 Å². The summed E-state index contributed by atoms with van der Waals surface area (Å²) in [6.07, 6.45) is 0. The average Bonchev–Trinajstić information content (AvgIpc) is 2.19. The Kier molecular flexibility index (Phi) is 24.7. The molecule has 0 aromatic heterocycles. The molecule has 0 bridgehead atoms. The van der Waals surface area contributed by atoms with Crippen molar-refractivity contribution in [3.63, 3.8) is 0 Å². The quantitative estimate of drug-likeness (QED) is 0.0848. The van der Waals surface area contributed by atoms with Crippen LogP contribution in [-0.4, -0.2) is 153 Å². The molecule has 0 spiro atoms. The molecule has 0 unspecified atom stereocenters. The second-order valence-electron chi connectivity index (χ2n) is 5.88. The molecule has 33 heteroatoms. The predicted octanol–water partition coefficient (Wildman–Crippen LogP) is -3.45. The van der Waals surface area contributed by atoms with Crippen molar-refractivity contribution in [2.75, 3.05) is 23.6 Å². The van der Waals surface area contributed by atoms with Crippen molar-refractivity contribution in [2.45, 2.75) is 0 Å². The number of rotatable bonds is 8. The molecule has 0 heterocycles. The maximum atomic E-state index is 9.85. The molecule has 0 aliphatic heterocycles. The zero-order valence-electron chi connectivity index (χ0n) is 16.8. The van der Waals surface area contributed by atoms with Crippen LogP contribution in [0.5, 0.6) is 0 Å². The van der Waals surface area contributed by atoms with Crippen LogP contribution in [0.25, 0.3) is 0 Å². The van der Waals surface area contributed by atoms with Gasteiger partial charge in [0.25, 0.3) is 0 Å². The van der Waals surface area contributed by atoms with E-state index < -0.39 is 84.4 Å². The molecule has 0 aliphatic carbocycles. The number of hydrogen-bond donors (Lipinski definition) is 16. The first-order chi connectivity index (χ1) is 14.8. The van der Waals surface area contributed by atoms with Crippen LogP contribution in [0, 0.1) is 0 Å². The Morgan fingerprint density at radius 3 is 0.297 bits per heavy atom. The van der Waals surface area contributed by atoms with E-state index >= 15 is 0 Å². The molecule has 0 amide bonds. The van der Waals surface area contributed by atoms with E-state index in [1.807, 2.05) is 0 Å². The Balaban J connectivity index is -0.000000122. The summed E-state index contributed by atoms with van der Waals surface area (Å²) in [5.74, 6) is -5.50. The molecule has 0 aromatic rings. The van der Waals surface area contributed by atoms with E-state index in [-0.39, 0.29) is 51.4 Å². The Morgan fingerprint density at radius 2 is 0.297 bits per heavy atom. The molecule has 0 aromatic carbocycles. The summed E-state index contributed by atoms with van der Waals surface area (Å²) in [6, 6.07) is 0. The minimum atomic E-state index is -4.55. The summed E-state index contributed by atoms with van der Waals surface area (Å²) in [7, 11) is -36.4. The molecule has 0 radical (unpaired) electrons. The Labute approximate surface area is 248 Å². The fraction of sp³-hybridized carbons (Fsp3) is 1.00. The van der Waals surface area contributed by atoms with Gasteiger partial charge in [0.2, 0.25) is 0 Å². The van der Waals surface area contributed by atoms with E-state index in [0.717, 1.165) is 0 Å². The SMILES string of the molecule is O=P(O)(O)CP(=O)(O)O.O=P(O)(O)CP(=O)(O)O.O=P(O)(O)CP(=O)(O)O.O=P(O)(O)CP(=O)(O)O.[KH]. The van der Waals surface area contributed by atoms with Gasteiger partial charge in [-0.2, -0.15) is 0 Å². The molecule has 0 atom stereocenters. The van der Waals surface area contributed by atoms with Crippen LogP contribution in [0.1, 0.15) is 0 Å². The van der Waals surface area contributed by atoms with Crippen LogP contribution in [-0.2, 0) is 36.5 Å². The summed E-state index contributed by atoms with van der Waals surface area (Å²) in [6.45, 7) is 0. The first-order valence-electron chi connectivity index (χ1n) is 7.19. The third kappa shape index (κ3) is 73.2. The molecule has 0 saturated heterocycles. The zero-order valence-corrected chi connectivity index (χ0v) is 24.0. The van der Waals surface area contributed by atoms with E-state index in [0.29, 0.717) is 0 Å². The van der Waals surface area contributed by atoms with Gasteiger partial charge in [-0.05, 0) is 0 Å². The minimum absolute atomic E-state index is 0. The van der Waals surface area contributed by atoms with Crippen LogP contribution < -0.4 is 0 Å². The first-order valence-corrected chi connectivity index (χ1v) is 21.6. The second-order valence-corrected chi connectivity index (χ2v) is 21.0. The van der Waals surface area contributed by atoms with Gasteiger partial charge in [0.1, 0.15) is 0 Å². The summed E-state index contributed by atoms with van der Waals surface area (Å²) in [5, 5.41) is 0. The van der Waals surface area contributed by atoms with Gasteiger partial charge in [0.15, 0.2) is 23.6 Å². The van der Waals surface area contributed by atoms with Crippen molar-refractivity contribution >= 4 is 112 Å². The van der Waals surface area contributed by atoms with E-state index in [1.54, 1.807) is 0 Å². The Morgan fingerprint density at radius 1 is 0.243 bits per heavy atom. The van der Waals surface area contributed by atoms with Crippen molar-refractivity contribution in [3.05, 3.63) is 0 Å². The summed E-state index contributed by atoms with van der Waals surface area (Å²) < 4.78 is 78.8. The van der Waals surface area contributed by atoms with Crippen LogP contribution >= 0.6 is 60.8 Å². The van der Waals surface area contributed by atoms with Gasteiger partial charge in [-0.15, -0.1) is 0 Å². The summed E-state index contributed by atoms with van der Waals surface area (Å²) >= 11 is 0. The van der Waals surface area contributed by atoms with Gasteiger partial charge < -0.3 is 78.3 Å². The molecule has 16 N–H and O–H groups in total. The van der Waals surface area contributed by atoms with Crippen LogP contribution in [0.4, 0.5) is 0 Å². The molecule has 0 fully saturated rings. The van der Waals surface area contributed by atoms with Gasteiger partial charge in [-0.25, -0.2) is 0 Å². The fourth-order valence-corrected chi connectivity index (χ4v) is 8.64. The van der Waals surface area contributed by atoms with Crippen molar-refractivity contribution in [1.82, 2.24) is 0 Å². The van der Waals surface area contributed by atoms with E-state index in [4.69, 9.17) is 78.3 Å². The topological polar surface area (TPSA) is 460 Å². The second kappa shape index (κ2) is 18.5. The van der Waals surface area contributed by atoms with Crippen LogP contribution in [0.3, 0.4) is 0 Å². The third-order valence-corrected chi connectivity index (χ3v) is 13.3. The van der Waals surface area contributed by atoms with Gasteiger partial charge in [-0.3, -0.25) is 36.5 Å². The van der Waals surface area contributed by atoms with Crippen molar-refractivity contribution < 1.29 is 115 Å². The fourth-order valence-electron chi connectivity index (χ4n) is 0.960. The molecule has 0 rings (SSSR count). The molecule has 226 valence electrons. The normalized spacial score (nSPS) is 13.4. The monoisotopic (exact) mass is 744 g/mol. The van der Waals surface area contributed by atoms with Gasteiger partial charge in [0, 0.05) is 0 Å². The molecular weight excluding hydrogens is 719 g/mol. The molecule has 0 aliphatic rings. The van der Waals surface area contributed by atoms with E-state index in [9.17, 15) is 36.5 Å². The molecule has 0 saturated carbocycles. The molecule has 37 heavy (non-hydrogen) atoms. The Bertz CT molecular complexity index is 781. The maximum absolute atomic E-state index is 9.85. The first kappa shape index (κ1) is 49.5. The van der Waals surface area contributed by atoms with Gasteiger partial charge >= 0.3 is 112 Å². The van der Waals surface area contributed by atoms with Crippen molar-refractivity contribution in [2.24, 2.45) is 0 Å². The third-order valence-electron chi connectivity index (χ3n) is 1.47. The average molecular weight is 744 g/mol. The summed E-state index contributed by atoms with van der Waals surface area (Å²) in [5.41, 5.74) is 0. The predicted molar refractivity (Wildman–Crippen MR) is 123 cm³/mol. The Hall–Kier alpha value is 2.84. The van der Waals surface area contributed by atoms with Crippen molar-refractivity contribution in [1.29, 1.82) is 0 Å². The van der Waals surface area contributed by atoms with Gasteiger partial charge in [0.05, 0.1) is 0 Å². The van der Waals surface area contributed by atoms with E-state index in [2.05, 4.69) is 0 Å². The van der Waals surface area contributed by atoms with Crippen molar-refractivity contribution in [3.8, 4) is 0 Å². The van der Waals surface area contributed by atoms with E-state index in [1.165, 1.54) is 0 Å². The molecular formula is C4H25KO24P8. The number of hydrogen-bond acceptors (Lipinski definition) is 8. The molecule has 24 nitrogen and oxygen atoms in total. The zero-order chi connectivity index (χ0) is 30.8. The van der Waals surface area contributed by atoms with Crippen LogP contribution in [0.15, 0.2) is 0 Å². The van der Waals surface area contributed by atoms with Crippen LogP contribution in [0.2, 0.25) is 0 Å².